The maximum Gasteiger partial charge on any atom is 0.257 e. The van der Waals surface area contributed by atoms with Gasteiger partial charge in [0, 0.05) is 5.02 Å². The second-order valence-electron chi connectivity index (χ2n) is 6.49. The van der Waals surface area contributed by atoms with Gasteiger partial charge in [-0.2, -0.15) is 4.98 Å². The summed E-state index contributed by atoms with van der Waals surface area (Å²) in [6, 6.07) is 17.6. The number of hydrogen-bond acceptors (Lipinski definition) is 5. The van der Waals surface area contributed by atoms with Crippen molar-refractivity contribution in [3.63, 3.8) is 0 Å². The van der Waals surface area contributed by atoms with Crippen LogP contribution in [0, 0.1) is 0 Å². The molecule has 0 aliphatic carbocycles. The zero-order valence-electron chi connectivity index (χ0n) is 14.5. The second-order valence-corrected chi connectivity index (χ2v) is 8.67. The first-order chi connectivity index (χ1) is 12.9. The van der Waals surface area contributed by atoms with Crippen LogP contribution < -0.4 is 10.0 Å². The number of benzene rings is 2. The first kappa shape index (κ1) is 17.8. The summed E-state index contributed by atoms with van der Waals surface area (Å²) >= 11 is 6.03. The van der Waals surface area contributed by atoms with Crippen molar-refractivity contribution in [3.05, 3.63) is 70.7 Å². The van der Waals surface area contributed by atoms with E-state index in [4.69, 9.17) is 11.6 Å². The van der Waals surface area contributed by atoms with Crippen molar-refractivity contribution in [1.82, 2.24) is 14.8 Å². The molecule has 2 unspecified atom stereocenters. The van der Waals surface area contributed by atoms with Gasteiger partial charge in [0.15, 0.2) is 0 Å². The molecule has 2 N–H and O–H groups in total. The van der Waals surface area contributed by atoms with Gasteiger partial charge in [0.05, 0.1) is 18.3 Å². The molecule has 1 aromatic heterocycles. The van der Waals surface area contributed by atoms with E-state index in [1.807, 2.05) is 42.5 Å². The molecule has 1 aliphatic heterocycles. The number of sulfonamides is 1. The summed E-state index contributed by atoms with van der Waals surface area (Å²) in [4.78, 5) is 4.33. The molecule has 3 aromatic rings. The Balaban J connectivity index is 1.76. The van der Waals surface area contributed by atoms with Crippen LogP contribution in [-0.2, 0) is 10.0 Å². The molecule has 140 valence electrons. The van der Waals surface area contributed by atoms with Gasteiger partial charge < -0.3 is 5.32 Å². The molecule has 0 radical (unpaired) electrons. The molecule has 2 aromatic carbocycles. The molecule has 0 fully saturated rings. The second kappa shape index (κ2) is 6.86. The molecule has 2 heterocycles. The van der Waals surface area contributed by atoms with Gasteiger partial charge in [-0.25, -0.2) is 13.1 Å². The number of anilines is 2. The first-order valence-corrected chi connectivity index (χ1v) is 10.7. The van der Waals surface area contributed by atoms with Crippen LogP contribution in [0.2, 0.25) is 5.02 Å². The highest BCUT2D eigenvalue weighted by atomic mass is 35.5. The average molecular weight is 404 g/mol. The highest BCUT2D eigenvalue weighted by Gasteiger charge is 2.31. The summed E-state index contributed by atoms with van der Waals surface area (Å²) in [6.45, 7) is 0. The van der Waals surface area contributed by atoms with E-state index in [1.54, 1.807) is 4.68 Å². The lowest BCUT2D eigenvalue weighted by molar-refractivity contribution is 0.431. The molecule has 1 aliphatic rings. The van der Waals surface area contributed by atoms with Crippen LogP contribution in [-0.4, -0.2) is 29.4 Å². The van der Waals surface area contributed by atoms with Crippen molar-refractivity contribution in [2.24, 2.45) is 0 Å². The van der Waals surface area contributed by atoms with Crippen molar-refractivity contribution >= 4 is 33.5 Å². The fourth-order valence-corrected chi connectivity index (χ4v) is 3.80. The molecule has 0 spiro atoms. The van der Waals surface area contributed by atoms with Crippen molar-refractivity contribution in [2.45, 2.75) is 18.5 Å². The Kier molecular flexibility index (Phi) is 4.53. The molecule has 0 amide bonds. The van der Waals surface area contributed by atoms with Crippen molar-refractivity contribution < 1.29 is 8.42 Å². The minimum atomic E-state index is -3.46. The molecule has 2 atom stereocenters. The van der Waals surface area contributed by atoms with Crippen LogP contribution in [0.4, 0.5) is 11.9 Å². The van der Waals surface area contributed by atoms with E-state index in [1.165, 1.54) is 0 Å². The predicted octanol–water partition coefficient (Wildman–Crippen LogP) is 3.45. The van der Waals surface area contributed by atoms with E-state index in [0.29, 0.717) is 11.0 Å². The summed E-state index contributed by atoms with van der Waals surface area (Å²) < 4.78 is 27.2. The summed E-state index contributed by atoms with van der Waals surface area (Å²) in [7, 11) is -3.46. The fraction of sp³-hybridized carbons (Fsp3) is 0.222. The quantitative estimate of drug-likeness (QED) is 0.696. The SMILES string of the molecule is CS(=O)(=O)Nc1nc2n(n1)C(c1ccc(Cl)cc1)CC(c1ccccc1)N2. The molecule has 0 bridgehead atoms. The number of nitrogens with one attached hydrogen (secondary N) is 2. The lowest BCUT2D eigenvalue weighted by Gasteiger charge is -2.31. The van der Waals surface area contributed by atoms with Crippen LogP contribution in [0.1, 0.15) is 29.6 Å². The molecule has 0 saturated heterocycles. The molecule has 4 rings (SSSR count). The maximum absolute atomic E-state index is 11.6. The third-order valence-electron chi connectivity index (χ3n) is 4.42. The Morgan fingerprint density at radius 1 is 1.11 bits per heavy atom. The highest BCUT2D eigenvalue weighted by molar-refractivity contribution is 7.91. The van der Waals surface area contributed by atoms with Gasteiger partial charge in [0.25, 0.3) is 5.95 Å². The number of nitrogens with zero attached hydrogens (tertiary/aromatic N) is 3. The van der Waals surface area contributed by atoms with Gasteiger partial charge >= 0.3 is 0 Å². The third kappa shape index (κ3) is 3.91. The Morgan fingerprint density at radius 3 is 2.48 bits per heavy atom. The van der Waals surface area contributed by atoms with Crippen LogP contribution in [0.3, 0.4) is 0 Å². The Bertz CT molecular complexity index is 1050. The molecule has 9 heteroatoms. The minimum absolute atomic E-state index is 0.0228. The van der Waals surface area contributed by atoms with E-state index in [0.717, 1.165) is 23.8 Å². The summed E-state index contributed by atoms with van der Waals surface area (Å²) in [5.41, 5.74) is 2.15. The van der Waals surface area contributed by atoms with E-state index < -0.39 is 10.0 Å². The van der Waals surface area contributed by atoms with Gasteiger partial charge in [0.2, 0.25) is 16.0 Å². The molecule has 0 saturated carbocycles. The van der Waals surface area contributed by atoms with Gasteiger partial charge in [0.1, 0.15) is 0 Å². The van der Waals surface area contributed by atoms with Crippen LogP contribution in [0.15, 0.2) is 54.6 Å². The Labute approximate surface area is 162 Å². The number of hydrogen-bond donors (Lipinski definition) is 2. The molecular formula is C18H18ClN5O2S. The molecular weight excluding hydrogens is 386 g/mol. The Hall–Kier alpha value is -2.58. The van der Waals surface area contributed by atoms with Crippen LogP contribution in [0.25, 0.3) is 0 Å². The van der Waals surface area contributed by atoms with Crippen LogP contribution >= 0.6 is 11.6 Å². The smallest absolute Gasteiger partial charge is 0.257 e. The lowest BCUT2D eigenvalue weighted by Crippen LogP contribution is -2.28. The zero-order valence-corrected chi connectivity index (χ0v) is 16.1. The van der Waals surface area contributed by atoms with Crippen molar-refractivity contribution in [3.8, 4) is 0 Å². The normalized spacial score (nSPS) is 19.2. The van der Waals surface area contributed by atoms with Gasteiger partial charge in [-0.1, -0.05) is 54.1 Å². The van der Waals surface area contributed by atoms with Crippen molar-refractivity contribution in [2.75, 3.05) is 16.3 Å². The molecule has 27 heavy (non-hydrogen) atoms. The summed E-state index contributed by atoms with van der Waals surface area (Å²) in [6.07, 6.45) is 1.81. The van der Waals surface area contributed by atoms with E-state index in [2.05, 4.69) is 32.3 Å². The standard InChI is InChI=1S/C18H18ClN5O2S/c1-27(25,26)23-17-21-18-20-15(12-5-3-2-4-6-12)11-16(24(18)22-17)13-7-9-14(19)10-8-13/h2-10,15-16H,11H2,1H3,(H2,20,21,22,23). The summed E-state index contributed by atoms with van der Waals surface area (Å²) in [5, 5.41) is 8.38. The average Bonchev–Trinajstić information content (AvgIpc) is 3.02. The van der Waals surface area contributed by atoms with E-state index in [-0.39, 0.29) is 18.0 Å². The fourth-order valence-electron chi connectivity index (χ4n) is 3.25. The highest BCUT2D eigenvalue weighted by Crippen LogP contribution is 2.38. The maximum atomic E-state index is 11.6. The lowest BCUT2D eigenvalue weighted by atomic mass is 9.93. The number of aromatic nitrogens is 3. The number of rotatable bonds is 4. The van der Waals surface area contributed by atoms with Gasteiger partial charge in [-0.15, -0.1) is 5.10 Å². The monoisotopic (exact) mass is 403 g/mol. The van der Waals surface area contributed by atoms with Crippen molar-refractivity contribution in [1.29, 1.82) is 0 Å². The van der Waals surface area contributed by atoms with E-state index >= 15 is 0 Å². The Morgan fingerprint density at radius 2 is 1.81 bits per heavy atom. The number of halogens is 1. The largest absolute Gasteiger partial charge is 0.347 e. The van der Waals surface area contributed by atoms with Crippen LogP contribution in [0.5, 0.6) is 0 Å². The van der Waals surface area contributed by atoms with E-state index in [9.17, 15) is 8.42 Å². The molecule has 7 nitrogen and oxygen atoms in total. The predicted molar refractivity (Wildman–Crippen MR) is 106 cm³/mol. The summed E-state index contributed by atoms with van der Waals surface area (Å²) in [5.74, 6) is 0.564. The first-order valence-electron chi connectivity index (χ1n) is 8.40. The van der Waals surface area contributed by atoms with Gasteiger partial charge in [-0.3, -0.25) is 4.72 Å². The minimum Gasteiger partial charge on any atom is -0.347 e. The third-order valence-corrected chi connectivity index (χ3v) is 5.23. The zero-order chi connectivity index (χ0) is 19.0. The number of fused-ring (bicyclic) bond motifs is 1. The van der Waals surface area contributed by atoms with Gasteiger partial charge in [-0.05, 0) is 29.7 Å². The topological polar surface area (TPSA) is 88.9 Å².